The van der Waals surface area contributed by atoms with Gasteiger partial charge in [-0.25, -0.2) is 0 Å². The van der Waals surface area contributed by atoms with E-state index >= 15 is 0 Å². The van der Waals surface area contributed by atoms with Gasteiger partial charge in [0.1, 0.15) is 33.5 Å². The van der Waals surface area contributed by atoms with Crippen LogP contribution < -0.4 is 0 Å². The SMILES string of the molecule is c1ccc(-c2cccc3c2oc2ccc4oc5c(-c6c7ccccc7c(-c7ccc8c(c7)oc7ccccc78)c7ccccc67)cccc5c4c23)cc1. The van der Waals surface area contributed by atoms with E-state index in [0.29, 0.717) is 0 Å². The van der Waals surface area contributed by atoms with Crippen LogP contribution in [0.4, 0.5) is 0 Å². The number of furan rings is 3. The van der Waals surface area contributed by atoms with Crippen molar-refractivity contribution in [3.05, 3.63) is 170 Å². The number of hydrogen-bond acceptors (Lipinski definition) is 3. The third-order valence-electron chi connectivity index (χ3n) is 11.1. The van der Waals surface area contributed by atoms with Crippen LogP contribution in [0.1, 0.15) is 0 Å². The molecule has 0 spiro atoms. The maximum absolute atomic E-state index is 6.91. The zero-order valence-electron chi connectivity index (χ0n) is 28.4. The lowest BCUT2D eigenvalue weighted by Crippen LogP contribution is -1.91. The largest absolute Gasteiger partial charge is 0.456 e. The molecule has 0 amide bonds. The van der Waals surface area contributed by atoms with E-state index in [1.54, 1.807) is 0 Å². The van der Waals surface area contributed by atoms with Crippen molar-refractivity contribution >= 4 is 87.4 Å². The fraction of sp³-hybridized carbons (Fsp3) is 0. The molecule has 0 aliphatic carbocycles. The summed E-state index contributed by atoms with van der Waals surface area (Å²) in [6.45, 7) is 0. The fourth-order valence-electron chi connectivity index (χ4n) is 8.83. The summed E-state index contributed by atoms with van der Waals surface area (Å²) in [5, 5.41) is 11.3. The fourth-order valence-corrected chi connectivity index (χ4v) is 8.83. The maximum atomic E-state index is 6.91. The normalized spacial score (nSPS) is 12.2. The van der Waals surface area contributed by atoms with Gasteiger partial charge in [0.25, 0.3) is 0 Å². The molecule has 3 aromatic heterocycles. The van der Waals surface area contributed by atoms with Gasteiger partial charge in [-0.3, -0.25) is 0 Å². The molecule has 9 aromatic carbocycles. The first-order valence-electron chi connectivity index (χ1n) is 18.0. The summed E-state index contributed by atoms with van der Waals surface area (Å²) in [5.41, 5.74) is 12.0. The van der Waals surface area contributed by atoms with Crippen LogP contribution in [0, 0.1) is 0 Å². The van der Waals surface area contributed by atoms with Crippen molar-refractivity contribution in [2.75, 3.05) is 0 Å². The van der Waals surface area contributed by atoms with Crippen molar-refractivity contribution in [1.29, 1.82) is 0 Å². The second-order valence-electron chi connectivity index (χ2n) is 13.9. The van der Waals surface area contributed by atoms with Crippen LogP contribution in [0.3, 0.4) is 0 Å². The van der Waals surface area contributed by atoms with Gasteiger partial charge in [0.15, 0.2) is 0 Å². The Labute approximate surface area is 302 Å². The Kier molecular flexibility index (Phi) is 5.77. The standard InChI is InChI=1S/C50H28O3/c1-2-12-29(13-3-1)31-19-10-21-39-47-42(52-49(31)39)26-27-43-48(47)40-22-11-20-38(50(40)53-43)46-36-17-6-4-15-34(36)45(35-16-5-7-18-37(35)46)30-24-25-33-32-14-8-9-23-41(32)51-44(33)28-30/h1-28H. The van der Waals surface area contributed by atoms with Crippen molar-refractivity contribution in [3.63, 3.8) is 0 Å². The van der Waals surface area contributed by atoms with E-state index in [9.17, 15) is 0 Å². The highest BCUT2D eigenvalue weighted by Gasteiger charge is 2.23. The van der Waals surface area contributed by atoms with Gasteiger partial charge >= 0.3 is 0 Å². The molecule has 0 fully saturated rings. The summed E-state index contributed by atoms with van der Waals surface area (Å²) < 4.78 is 19.9. The average molecular weight is 677 g/mol. The summed E-state index contributed by atoms with van der Waals surface area (Å²) >= 11 is 0. The summed E-state index contributed by atoms with van der Waals surface area (Å²) in [6.07, 6.45) is 0. The third-order valence-corrected chi connectivity index (χ3v) is 11.1. The highest BCUT2D eigenvalue weighted by atomic mass is 16.3. The minimum absolute atomic E-state index is 0.845. The molecule has 0 unspecified atom stereocenters. The van der Waals surface area contributed by atoms with Gasteiger partial charge in [-0.2, -0.15) is 0 Å². The molecule has 0 saturated heterocycles. The van der Waals surface area contributed by atoms with Crippen LogP contribution in [-0.4, -0.2) is 0 Å². The number of fused-ring (bicyclic) bond motifs is 12. The van der Waals surface area contributed by atoms with Crippen molar-refractivity contribution in [2.45, 2.75) is 0 Å². The second kappa shape index (κ2) is 10.7. The summed E-state index contributed by atoms with van der Waals surface area (Å²) in [5.74, 6) is 0. The summed E-state index contributed by atoms with van der Waals surface area (Å²) in [4.78, 5) is 0. The Morgan fingerprint density at radius 1 is 0.264 bits per heavy atom. The maximum Gasteiger partial charge on any atom is 0.143 e. The molecular formula is C50H28O3. The van der Waals surface area contributed by atoms with Gasteiger partial charge in [0.05, 0.1) is 0 Å². The molecule has 3 heteroatoms. The molecule has 0 bridgehead atoms. The molecule has 53 heavy (non-hydrogen) atoms. The van der Waals surface area contributed by atoms with Gasteiger partial charge in [0.2, 0.25) is 0 Å². The second-order valence-corrected chi connectivity index (χ2v) is 13.9. The summed E-state index contributed by atoms with van der Waals surface area (Å²) in [6, 6.07) is 59.9. The Hall–Kier alpha value is -7.10. The van der Waals surface area contributed by atoms with Gasteiger partial charge < -0.3 is 13.3 Å². The molecule has 0 radical (unpaired) electrons. The summed E-state index contributed by atoms with van der Waals surface area (Å²) in [7, 11) is 0. The lowest BCUT2D eigenvalue weighted by atomic mass is 9.85. The smallest absolute Gasteiger partial charge is 0.143 e. The monoisotopic (exact) mass is 676 g/mol. The first-order valence-corrected chi connectivity index (χ1v) is 18.0. The van der Waals surface area contributed by atoms with Gasteiger partial charge in [-0.15, -0.1) is 0 Å². The molecular weight excluding hydrogens is 649 g/mol. The molecule has 0 atom stereocenters. The van der Waals surface area contributed by atoms with Crippen LogP contribution in [0.5, 0.6) is 0 Å². The molecule has 0 saturated carbocycles. The first-order chi connectivity index (χ1) is 26.3. The van der Waals surface area contributed by atoms with E-state index in [0.717, 1.165) is 93.6 Å². The number of benzene rings is 9. The lowest BCUT2D eigenvalue weighted by Gasteiger charge is -2.17. The van der Waals surface area contributed by atoms with Crippen LogP contribution in [0.25, 0.3) is 121 Å². The van der Waals surface area contributed by atoms with Crippen LogP contribution in [0.15, 0.2) is 183 Å². The Morgan fingerprint density at radius 2 is 0.774 bits per heavy atom. The molecule has 0 N–H and O–H groups in total. The van der Waals surface area contributed by atoms with Gasteiger partial charge in [-0.05, 0) is 68.6 Å². The van der Waals surface area contributed by atoms with Gasteiger partial charge in [0, 0.05) is 49.0 Å². The van der Waals surface area contributed by atoms with E-state index in [2.05, 4.69) is 146 Å². The third kappa shape index (κ3) is 3.99. The molecule has 12 rings (SSSR count). The Bertz CT molecular complexity index is 3390. The van der Waals surface area contributed by atoms with Crippen LogP contribution >= 0.6 is 0 Å². The van der Waals surface area contributed by atoms with Crippen molar-refractivity contribution in [2.24, 2.45) is 0 Å². The zero-order chi connectivity index (χ0) is 34.6. The molecule has 12 aromatic rings. The number of para-hydroxylation sites is 3. The minimum Gasteiger partial charge on any atom is -0.456 e. The molecule has 246 valence electrons. The molecule has 3 heterocycles. The highest BCUT2D eigenvalue weighted by Crippen LogP contribution is 2.49. The Balaban J connectivity index is 1.14. The minimum atomic E-state index is 0.845. The average Bonchev–Trinajstić information content (AvgIpc) is 3.91. The van der Waals surface area contributed by atoms with Crippen molar-refractivity contribution in [1.82, 2.24) is 0 Å². The first kappa shape index (κ1) is 28.6. The number of rotatable bonds is 3. The van der Waals surface area contributed by atoms with E-state index in [-0.39, 0.29) is 0 Å². The Morgan fingerprint density at radius 3 is 1.43 bits per heavy atom. The van der Waals surface area contributed by atoms with Crippen LogP contribution in [-0.2, 0) is 0 Å². The molecule has 3 nitrogen and oxygen atoms in total. The molecule has 0 aliphatic heterocycles. The predicted molar refractivity (Wildman–Crippen MR) is 220 cm³/mol. The van der Waals surface area contributed by atoms with E-state index in [1.165, 1.54) is 27.1 Å². The van der Waals surface area contributed by atoms with E-state index in [1.807, 2.05) is 24.3 Å². The number of hydrogen-bond donors (Lipinski definition) is 0. The van der Waals surface area contributed by atoms with Crippen molar-refractivity contribution < 1.29 is 13.3 Å². The highest BCUT2D eigenvalue weighted by molar-refractivity contribution is 6.30. The van der Waals surface area contributed by atoms with Gasteiger partial charge in [-0.1, -0.05) is 140 Å². The van der Waals surface area contributed by atoms with E-state index in [4.69, 9.17) is 13.3 Å². The van der Waals surface area contributed by atoms with Crippen molar-refractivity contribution in [3.8, 4) is 33.4 Å². The zero-order valence-corrected chi connectivity index (χ0v) is 28.4. The quantitative estimate of drug-likeness (QED) is 0.175. The lowest BCUT2D eigenvalue weighted by molar-refractivity contribution is 0.664. The van der Waals surface area contributed by atoms with E-state index < -0.39 is 0 Å². The molecule has 0 aliphatic rings. The van der Waals surface area contributed by atoms with Crippen LogP contribution in [0.2, 0.25) is 0 Å². The predicted octanol–water partition coefficient (Wildman–Crippen LogP) is 14.7. The topological polar surface area (TPSA) is 39.4 Å².